The third kappa shape index (κ3) is 8.94. The lowest BCUT2D eigenvalue weighted by atomic mass is 10.1. The van der Waals surface area contributed by atoms with Gasteiger partial charge < -0.3 is 25.0 Å². The first kappa shape index (κ1) is 25.9. The minimum Gasteiger partial charge on any atom is -0.379 e. The first-order chi connectivity index (χ1) is 14.8. The topological polar surface area (TPSA) is 75.2 Å². The number of guanidine groups is 1. The van der Waals surface area contributed by atoms with E-state index in [0.29, 0.717) is 13.2 Å². The number of aliphatic imine (C=N–C) groups is 1. The van der Waals surface area contributed by atoms with Gasteiger partial charge in [0.05, 0.1) is 12.7 Å². The van der Waals surface area contributed by atoms with Crippen LogP contribution in [0.4, 0.5) is 0 Å². The zero-order valence-electron chi connectivity index (χ0n) is 18.6. The Labute approximate surface area is 203 Å². The molecule has 1 aromatic rings. The molecule has 2 N–H and O–H groups in total. The molecule has 0 bridgehead atoms. The van der Waals surface area contributed by atoms with E-state index in [0.717, 1.165) is 82.0 Å². The van der Waals surface area contributed by atoms with Gasteiger partial charge in [0, 0.05) is 52.0 Å². The second-order valence-corrected chi connectivity index (χ2v) is 7.97. The fourth-order valence-corrected chi connectivity index (χ4v) is 3.82. The average molecular weight is 544 g/mol. The van der Waals surface area contributed by atoms with E-state index in [-0.39, 0.29) is 36.0 Å². The number of nitrogens with one attached hydrogen (secondary N) is 2. The van der Waals surface area contributed by atoms with Crippen LogP contribution in [-0.2, 0) is 16.0 Å². The molecular formula is C23H37IN4O3. The van der Waals surface area contributed by atoms with Crippen molar-refractivity contribution in [1.29, 1.82) is 0 Å². The predicted molar refractivity (Wildman–Crippen MR) is 134 cm³/mol. The van der Waals surface area contributed by atoms with Crippen molar-refractivity contribution in [3.63, 3.8) is 0 Å². The van der Waals surface area contributed by atoms with Crippen LogP contribution in [0, 0.1) is 0 Å². The van der Waals surface area contributed by atoms with Crippen LogP contribution < -0.4 is 10.6 Å². The van der Waals surface area contributed by atoms with E-state index in [4.69, 9.17) is 9.47 Å². The van der Waals surface area contributed by atoms with E-state index in [1.165, 1.54) is 6.42 Å². The number of likely N-dealkylation sites (tertiary alicyclic amines) is 1. The predicted octanol–water partition coefficient (Wildman–Crippen LogP) is 3.18. The summed E-state index contributed by atoms with van der Waals surface area (Å²) in [5.74, 6) is 0.913. The third-order valence-corrected chi connectivity index (χ3v) is 5.61. The molecular weight excluding hydrogens is 507 g/mol. The summed E-state index contributed by atoms with van der Waals surface area (Å²) in [6.07, 6.45) is 6.92. The fraction of sp³-hybridized carbons (Fsp3) is 0.652. The van der Waals surface area contributed by atoms with Crippen LogP contribution in [0.15, 0.2) is 29.3 Å². The molecule has 1 amide bonds. The molecule has 1 atom stereocenters. The molecule has 2 saturated heterocycles. The molecule has 0 radical (unpaired) electrons. The highest BCUT2D eigenvalue weighted by molar-refractivity contribution is 14.0. The Morgan fingerprint density at radius 3 is 2.61 bits per heavy atom. The van der Waals surface area contributed by atoms with E-state index in [1.54, 1.807) is 7.05 Å². The molecule has 0 saturated carbocycles. The van der Waals surface area contributed by atoms with Crippen molar-refractivity contribution < 1.29 is 14.3 Å². The van der Waals surface area contributed by atoms with Crippen LogP contribution in [0.25, 0.3) is 0 Å². The van der Waals surface area contributed by atoms with Crippen molar-refractivity contribution in [2.75, 3.05) is 46.5 Å². The molecule has 1 unspecified atom stereocenters. The zero-order valence-corrected chi connectivity index (χ0v) is 20.9. The van der Waals surface area contributed by atoms with Crippen LogP contribution in [0.3, 0.4) is 0 Å². The SMILES string of the molecule is CN=C(NCCCOCC1CCCO1)NCc1ccc(C(=O)N2CCCCC2)cc1.I. The number of carbonyl (C=O) groups is 1. The molecule has 0 spiro atoms. The van der Waals surface area contributed by atoms with E-state index in [2.05, 4.69) is 15.6 Å². The number of hydrogen-bond acceptors (Lipinski definition) is 4. The summed E-state index contributed by atoms with van der Waals surface area (Å²) >= 11 is 0. The van der Waals surface area contributed by atoms with Crippen LogP contribution in [-0.4, -0.2) is 69.4 Å². The second-order valence-electron chi connectivity index (χ2n) is 7.97. The quantitative estimate of drug-likeness (QED) is 0.216. The number of piperidine rings is 1. The molecule has 1 aromatic carbocycles. The number of benzene rings is 1. The molecule has 3 rings (SSSR count). The molecule has 174 valence electrons. The summed E-state index contributed by atoms with van der Waals surface area (Å²) in [6, 6.07) is 7.87. The molecule has 7 nitrogen and oxygen atoms in total. The van der Waals surface area contributed by atoms with E-state index in [9.17, 15) is 4.79 Å². The number of hydrogen-bond donors (Lipinski definition) is 2. The van der Waals surface area contributed by atoms with Crippen molar-refractivity contribution >= 4 is 35.8 Å². The smallest absolute Gasteiger partial charge is 0.253 e. The Morgan fingerprint density at radius 2 is 1.94 bits per heavy atom. The van der Waals surface area contributed by atoms with Crippen LogP contribution in [0.5, 0.6) is 0 Å². The number of nitrogens with zero attached hydrogens (tertiary/aromatic N) is 2. The Morgan fingerprint density at radius 1 is 1.16 bits per heavy atom. The molecule has 31 heavy (non-hydrogen) atoms. The first-order valence-electron chi connectivity index (χ1n) is 11.3. The van der Waals surface area contributed by atoms with Gasteiger partial charge in [0.15, 0.2) is 5.96 Å². The lowest BCUT2D eigenvalue weighted by Crippen LogP contribution is -2.37. The number of carbonyl (C=O) groups excluding carboxylic acids is 1. The Hall–Kier alpha value is -1.39. The number of rotatable bonds is 9. The highest BCUT2D eigenvalue weighted by atomic mass is 127. The molecule has 8 heteroatoms. The Balaban J connectivity index is 0.00000341. The van der Waals surface area contributed by atoms with E-state index < -0.39 is 0 Å². The summed E-state index contributed by atoms with van der Waals surface area (Å²) in [7, 11) is 1.77. The normalized spacial score (nSPS) is 19.1. The van der Waals surface area contributed by atoms with Gasteiger partial charge in [-0.05, 0) is 56.2 Å². The summed E-state index contributed by atoms with van der Waals surface area (Å²) in [5, 5.41) is 6.62. The van der Waals surface area contributed by atoms with Crippen molar-refractivity contribution in [2.24, 2.45) is 4.99 Å². The number of ether oxygens (including phenoxy) is 2. The summed E-state index contributed by atoms with van der Waals surface area (Å²) < 4.78 is 11.2. The largest absolute Gasteiger partial charge is 0.379 e. The fourth-order valence-electron chi connectivity index (χ4n) is 3.82. The number of amides is 1. The van der Waals surface area contributed by atoms with Gasteiger partial charge in [0.1, 0.15) is 0 Å². The molecule has 2 aliphatic rings. The first-order valence-corrected chi connectivity index (χ1v) is 11.3. The van der Waals surface area contributed by atoms with Gasteiger partial charge in [-0.2, -0.15) is 0 Å². The van der Waals surface area contributed by atoms with Crippen molar-refractivity contribution in [3.05, 3.63) is 35.4 Å². The summed E-state index contributed by atoms with van der Waals surface area (Å²) in [5.41, 5.74) is 1.89. The maximum atomic E-state index is 12.6. The monoisotopic (exact) mass is 544 g/mol. The highest BCUT2D eigenvalue weighted by Gasteiger charge is 2.18. The van der Waals surface area contributed by atoms with Gasteiger partial charge >= 0.3 is 0 Å². The van der Waals surface area contributed by atoms with Gasteiger partial charge in [0.25, 0.3) is 5.91 Å². The second kappa shape index (κ2) is 14.6. The van der Waals surface area contributed by atoms with Gasteiger partial charge in [-0.1, -0.05) is 12.1 Å². The van der Waals surface area contributed by atoms with Crippen molar-refractivity contribution in [3.8, 4) is 0 Å². The molecule has 0 aliphatic carbocycles. The summed E-state index contributed by atoms with van der Waals surface area (Å²) in [6.45, 7) is 5.50. The van der Waals surface area contributed by atoms with E-state index in [1.807, 2.05) is 29.2 Å². The van der Waals surface area contributed by atoms with Gasteiger partial charge in [0.2, 0.25) is 0 Å². The van der Waals surface area contributed by atoms with Gasteiger partial charge in [-0.15, -0.1) is 24.0 Å². The van der Waals surface area contributed by atoms with Gasteiger partial charge in [-0.3, -0.25) is 9.79 Å². The Bertz CT molecular complexity index is 672. The minimum atomic E-state index is 0. The van der Waals surface area contributed by atoms with Crippen molar-refractivity contribution in [2.45, 2.75) is 51.2 Å². The zero-order chi connectivity index (χ0) is 21.0. The average Bonchev–Trinajstić information content (AvgIpc) is 3.32. The molecule has 2 aliphatic heterocycles. The third-order valence-electron chi connectivity index (χ3n) is 5.61. The highest BCUT2D eigenvalue weighted by Crippen LogP contribution is 2.14. The van der Waals surface area contributed by atoms with Crippen LogP contribution in [0.1, 0.15) is 54.4 Å². The summed E-state index contributed by atoms with van der Waals surface area (Å²) in [4.78, 5) is 18.8. The lowest BCUT2D eigenvalue weighted by molar-refractivity contribution is 0.0168. The Kier molecular flexibility index (Phi) is 12.2. The van der Waals surface area contributed by atoms with Crippen LogP contribution >= 0.6 is 24.0 Å². The maximum absolute atomic E-state index is 12.6. The minimum absolute atomic E-state index is 0. The maximum Gasteiger partial charge on any atom is 0.253 e. The standard InChI is InChI=1S/C23H36N4O3.HI/c1-24-23(25-12-6-15-29-18-21-7-5-16-30-21)26-17-19-8-10-20(11-9-19)22(28)27-13-3-2-4-14-27;/h8-11,21H,2-7,12-18H2,1H3,(H2,24,25,26);1H. The lowest BCUT2D eigenvalue weighted by Gasteiger charge is -2.26. The molecule has 0 aromatic heterocycles. The van der Waals surface area contributed by atoms with Gasteiger partial charge in [-0.25, -0.2) is 0 Å². The van der Waals surface area contributed by atoms with E-state index >= 15 is 0 Å². The molecule has 2 fully saturated rings. The number of halogens is 1. The van der Waals surface area contributed by atoms with Crippen LogP contribution in [0.2, 0.25) is 0 Å². The van der Waals surface area contributed by atoms with Crippen molar-refractivity contribution in [1.82, 2.24) is 15.5 Å². The molecule has 2 heterocycles.